The summed E-state index contributed by atoms with van der Waals surface area (Å²) in [4.78, 5) is 21.7. The minimum Gasteiger partial charge on any atom is -0.484 e. The first-order chi connectivity index (χ1) is 10.4. The van der Waals surface area contributed by atoms with Gasteiger partial charge in [-0.25, -0.2) is 4.79 Å². The number of unbranched alkanes of at least 4 members (excludes halogenated alkanes) is 3. The predicted octanol–water partition coefficient (Wildman–Crippen LogP) is 4.34. The van der Waals surface area contributed by atoms with Crippen molar-refractivity contribution in [2.45, 2.75) is 59.0 Å². The SMILES string of the molecule is CCCCCC[C@H](C)Oc1ccc(C(=O)O)c(C)c1[N+](=O)[O-]. The van der Waals surface area contributed by atoms with Crippen LogP contribution in [0.3, 0.4) is 0 Å². The van der Waals surface area contributed by atoms with E-state index < -0.39 is 10.9 Å². The Bertz CT molecular complexity index is 542. The molecule has 0 spiro atoms. The van der Waals surface area contributed by atoms with Crippen LogP contribution in [-0.4, -0.2) is 22.1 Å². The van der Waals surface area contributed by atoms with Gasteiger partial charge in [0.25, 0.3) is 0 Å². The minimum atomic E-state index is -1.18. The molecule has 22 heavy (non-hydrogen) atoms. The van der Waals surface area contributed by atoms with Gasteiger partial charge in [0.05, 0.1) is 16.6 Å². The van der Waals surface area contributed by atoms with Gasteiger partial charge in [0.1, 0.15) is 0 Å². The maximum Gasteiger partial charge on any atom is 0.336 e. The van der Waals surface area contributed by atoms with Crippen molar-refractivity contribution in [2.24, 2.45) is 0 Å². The van der Waals surface area contributed by atoms with E-state index in [1.54, 1.807) is 0 Å². The first kappa shape index (κ1) is 17.9. The van der Waals surface area contributed by atoms with Gasteiger partial charge in [-0.3, -0.25) is 10.1 Å². The lowest BCUT2D eigenvalue weighted by Gasteiger charge is -2.16. The number of carboxylic acids is 1. The number of ether oxygens (including phenoxy) is 1. The molecule has 0 aliphatic carbocycles. The number of hydrogen-bond donors (Lipinski definition) is 1. The van der Waals surface area contributed by atoms with Gasteiger partial charge >= 0.3 is 11.7 Å². The Labute approximate surface area is 130 Å². The maximum atomic E-state index is 11.2. The molecule has 1 rings (SSSR count). The summed E-state index contributed by atoms with van der Waals surface area (Å²) in [6.07, 6.45) is 5.11. The van der Waals surface area contributed by atoms with Gasteiger partial charge in [0.2, 0.25) is 0 Å². The molecule has 0 radical (unpaired) electrons. The van der Waals surface area contributed by atoms with Crippen LogP contribution in [0.15, 0.2) is 12.1 Å². The van der Waals surface area contributed by atoms with E-state index in [9.17, 15) is 14.9 Å². The van der Waals surface area contributed by atoms with Crippen LogP contribution in [0.1, 0.15) is 61.9 Å². The van der Waals surface area contributed by atoms with Gasteiger partial charge in [0.15, 0.2) is 5.75 Å². The van der Waals surface area contributed by atoms with Crippen molar-refractivity contribution in [3.63, 3.8) is 0 Å². The van der Waals surface area contributed by atoms with Crippen LogP contribution in [0.5, 0.6) is 5.75 Å². The predicted molar refractivity (Wildman–Crippen MR) is 83.6 cm³/mol. The summed E-state index contributed by atoms with van der Waals surface area (Å²) < 4.78 is 5.67. The Morgan fingerprint density at radius 1 is 1.36 bits per heavy atom. The van der Waals surface area contributed by atoms with Crippen molar-refractivity contribution >= 4 is 11.7 Å². The number of aromatic carboxylic acids is 1. The topological polar surface area (TPSA) is 89.7 Å². The molecular formula is C16H23NO5. The fourth-order valence-electron chi connectivity index (χ4n) is 2.36. The molecular weight excluding hydrogens is 286 g/mol. The summed E-state index contributed by atoms with van der Waals surface area (Å²) in [5.41, 5.74) is -0.219. The van der Waals surface area contributed by atoms with Crippen molar-refractivity contribution in [1.29, 1.82) is 0 Å². The summed E-state index contributed by atoms with van der Waals surface area (Å²) in [7, 11) is 0. The molecule has 0 fully saturated rings. The van der Waals surface area contributed by atoms with Crippen molar-refractivity contribution in [1.82, 2.24) is 0 Å². The average molecular weight is 309 g/mol. The molecule has 6 heteroatoms. The van der Waals surface area contributed by atoms with Crippen LogP contribution >= 0.6 is 0 Å². The van der Waals surface area contributed by atoms with Gasteiger partial charge in [0, 0.05) is 5.56 Å². The Morgan fingerprint density at radius 2 is 2.05 bits per heavy atom. The summed E-state index contributed by atoms with van der Waals surface area (Å²) in [6.45, 7) is 5.44. The van der Waals surface area contributed by atoms with Gasteiger partial charge in [-0.15, -0.1) is 0 Å². The van der Waals surface area contributed by atoms with Gasteiger partial charge in [-0.05, 0) is 38.8 Å². The van der Waals surface area contributed by atoms with Crippen LogP contribution in [0, 0.1) is 17.0 Å². The number of nitro groups is 1. The standard InChI is InChI=1S/C16H23NO5/c1-4-5-6-7-8-11(2)22-14-10-9-13(16(18)19)12(3)15(14)17(20)21/h9-11H,4-8H2,1-3H3,(H,18,19)/t11-/m0/s1. The number of nitro benzene ring substituents is 1. The Balaban J connectivity index is 2.88. The van der Waals surface area contributed by atoms with E-state index in [2.05, 4.69) is 6.92 Å². The van der Waals surface area contributed by atoms with E-state index in [0.717, 1.165) is 25.7 Å². The minimum absolute atomic E-state index is 0.0744. The Kier molecular flexibility index (Phi) is 6.82. The molecule has 1 atom stereocenters. The molecule has 1 aromatic rings. The quantitative estimate of drug-likeness (QED) is 0.416. The number of carboxylic acid groups (broad SMARTS) is 1. The van der Waals surface area contributed by atoms with Gasteiger partial charge in [-0.2, -0.15) is 0 Å². The smallest absolute Gasteiger partial charge is 0.336 e. The van der Waals surface area contributed by atoms with E-state index in [1.807, 2.05) is 6.92 Å². The van der Waals surface area contributed by atoms with Crippen molar-refractivity contribution in [3.8, 4) is 5.75 Å². The molecule has 0 saturated carbocycles. The maximum absolute atomic E-state index is 11.2. The highest BCUT2D eigenvalue weighted by Gasteiger charge is 2.25. The number of nitrogens with zero attached hydrogens (tertiary/aromatic N) is 1. The van der Waals surface area contributed by atoms with Crippen LogP contribution in [-0.2, 0) is 0 Å². The van der Waals surface area contributed by atoms with E-state index in [-0.39, 0.29) is 28.7 Å². The molecule has 6 nitrogen and oxygen atoms in total. The van der Waals surface area contributed by atoms with E-state index in [1.165, 1.54) is 25.5 Å². The third-order valence-electron chi connectivity index (χ3n) is 3.60. The lowest BCUT2D eigenvalue weighted by Crippen LogP contribution is -2.14. The molecule has 0 aliphatic heterocycles. The zero-order valence-electron chi connectivity index (χ0n) is 13.3. The first-order valence-electron chi connectivity index (χ1n) is 7.56. The second-order valence-electron chi connectivity index (χ2n) is 5.42. The molecule has 0 aliphatic rings. The third-order valence-corrected chi connectivity index (χ3v) is 3.60. The summed E-state index contributed by atoms with van der Waals surface area (Å²) in [5, 5.41) is 20.3. The molecule has 1 N–H and O–H groups in total. The third kappa shape index (κ3) is 4.72. The van der Waals surface area contributed by atoms with E-state index >= 15 is 0 Å². The van der Waals surface area contributed by atoms with E-state index in [0.29, 0.717) is 0 Å². The van der Waals surface area contributed by atoms with Crippen LogP contribution in [0.2, 0.25) is 0 Å². The summed E-state index contributed by atoms with van der Waals surface area (Å²) >= 11 is 0. The zero-order chi connectivity index (χ0) is 16.7. The molecule has 0 aromatic heterocycles. The normalized spacial score (nSPS) is 12.0. The monoisotopic (exact) mass is 309 g/mol. The number of carbonyl (C=O) groups is 1. The second-order valence-corrected chi connectivity index (χ2v) is 5.42. The van der Waals surface area contributed by atoms with Crippen LogP contribution in [0.4, 0.5) is 5.69 Å². The second kappa shape index (κ2) is 8.36. The highest BCUT2D eigenvalue weighted by molar-refractivity contribution is 5.91. The summed E-state index contributed by atoms with van der Waals surface area (Å²) in [5.74, 6) is -1.05. The van der Waals surface area contributed by atoms with Gasteiger partial charge < -0.3 is 9.84 Å². The highest BCUT2D eigenvalue weighted by atomic mass is 16.6. The summed E-state index contributed by atoms with van der Waals surface area (Å²) in [6, 6.07) is 2.72. The molecule has 1 aromatic carbocycles. The lowest BCUT2D eigenvalue weighted by molar-refractivity contribution is -0.386. The highest BCUT2D eigenvalue weighted by Crippen LogP contribution is 2.34. The number of benzene rings is 1. The largest absolute Gasteiger partial charge is 0.484 e. The number of hydrogen-bond acceptors (Lipinski definition) is 4. The van der Waals surface area contributed by atoms with Crippen molar-refractivity contribution in [2.75, 3.05) is 0 Å². The Morgan fingerprint density at radius 3 is 2.59 bits per heavy atom. The number of rotatable bonds is 9. The fourth-order valence-corrected chi connectivity index (χ4v) is 2.36. The molecule has 0 unspecified atom stereocenters. The molecule has 122 valence electrons. The lowest BCUT2D eigenvalue weighted by atomic mass is 10.1. The molecule has 0 bridgehead atoms. The van der Waals surface area contributed by atoms with Crippen molar-refractivity contribution in [3.05, 3.63) is 33.4 Å². The molecule has 0 heterocycles. The average Bonchev–Trinajstić information content (AvgIpc) is 2.43. The first-order valence-corrected chi connectivity index (χ1v) is 7.56. The van der Waals surface area contributed by atoms with Crippen molar-refractivity contribution < 1.29 is 19.6 Å². The van der Waals surface area contributed by atoms with Gasteiger partial charge in [-0.1, -0.05) is 26.2 Å². The fraction of sp³-hybridized carbons (Fsp3) is 0.562. The van der Waals surface area contributed by atoms with E-state index in [4.69, 9.17) is 9.84 Å². The molecule has 0 saturated heterocycles. The molecule has 0 amide bonds. The Hall–Kier alpha value is -2.11. The van der Waals surface area contributed by atoms with Crippen LogP contribution in [0.25, 0.3) is 0 Å². The zero-order valence-corrected chi connectivity index (χ0v) is 13.3. The van der Waals surface area contributed by atoms with Crippen LogP contribution < -0.4 is 4.74 Å².